The molecule has 0 atom stereocenters. The Labute approximate surface area is 153 Å². The van der Waals surface area contributed by atoms with E-state index in [4.69, 9.17) is 9.47 Å². The highest BCUT2D eigenvalue weighted by atomic mass is 79.9. The molecule has 2 aromatic rings. The Bertz CT molecular complexity index is 791. The summed E-state index contributed by atoms with van der Waals surface area (Å²) in [6.45, 7) is 1.95. The van der Waals surface area contributed by atoms with Gasteiger partial charge in [-0.05, 0) is 41.1 Å². The highest BCUT2D eigenvalue weighted by molar-refractivity contribution is 9.10. The highest BCUT2D eigenvalue weighted by Gasteiger charge is 2.20. The van der Waals surface area contributed by atoms with Crippen LogP contribution in [-0.4, -0.2) is 35.6 Å². The van der Waals surface area contributed by atoms with E-state index in [1.165, 1.54) is 0 Å². The lowest BCUT2D eigenvalue weighted by molar-refractivity contribution is -0.143. The Hall–Kier alpha value is -2.41. The number of aromatic nitrogens is 1. The summed E-state index contributed by atoms with van der Waals surface area (Å²) >= 11 is 3.24. The van der Waals surface area contributed by atoms with Crippen molar-refractivity contribution in [2.24, 2.45) is 0 Å². The number of ketones is 1. The number of para-hydroxylation sites is 1. The molecule has 2 rings (SSSR count). The van der Waals surface area contributed by atoms with Gasteiger partial charge >= 0.3 is 5.97 Å². The van der Waals surface area contributed by atoms with Crippen LogP contribution in [-0.2, 0) is 9.53 Å². The number of ether oxygens (including phenoxy) is 2. The number of carbonyl (C=O) groups excluding carboxylic acids is 2. The number of nitrogens with zero attached hydrogens (tertiary/aromatic N) is 1. The van der Waals surface area contributed by atoms with Crippen LogP contribution in [0, 0.1) is 0 Å². The highest BCUT2D eigenvalue weighted by Crippen LogP contribution is 2.35. The second-order valence-electron chi connectivity index (χ2n) is 5.12. The lowest BCUT2D eigenvalue weighted by atomic mass is 10.1. The number of hydrogen-bond donors (Lipinski definition) is 1. The average Bonchev–Trinajstić information content (AvgIpc) is 2.62. The Morgan fingerprint density at radius 2 is 1.96 bits per heavy atom. The number of pyridine rings is 1. The van der Waals surface area contributed by atoms with Crippen molar-refractivity contribution in [3.05, 3.63) is 40.5 Å². The molecule has 1 aromatic carbocycles. The van der Waals surface area contributed by atoms with Crippen LogP contribution in [0.15, 0.2) is 34.8 Å². The predicted molar refractivity (Wildman–Crippen MR) is 95.8 cm³/mol. The van der Waals surface area contributed by atoms with E-state index in [0.29, 0.717) is 21.5 Å². The van der Waals surface area contributed by atoms with Gasteiger partial charge in [0, 0.05) is 12.0 Å². The number of esters is 1. The summed E-state index contributed by atoms with van der Waals surface area (Å²) in [7, 11) is 1.54. The van der Waals surface area contributed by atoms with Crippen molar-refractivity contribution in [2.45, 2.75) is 19.8 Å². The fourth-order valence-electron chi connectivity index (χ4n) is 2.26. The van der Waals surface area contributed by atoms with Crippen molar-refractivity contribution in [2.75, 3.05) is 13.7 Å². The number of aromatic hydroxyl groups is 1. The average molecular weight is 408 g/mol. The summed E-state index contributed by atoms with van der Waals surface area (Å²) in [5.41, 5.74) is 1.06. The quantitative estimate of drug-likeness (QED) is 0.555. The van der Waals surface area contributed by atoms with E-state index in [0.717, 1.165) is 0 Å². The smallest absolute Gasteiger partial charge is 0.306 e. The maximum Gasteiger partial charge on any atom is 0.306 e. The first-order valence-corrected chi connectivity index (χ1v) is 8.49. The largest absolute Gasteiger partial charge is 0.504 e. The van der Waals surface area contributed by atoms with Gasteiger partial charge in [0.25, 0.3) is 0 Å². The number of methoxy groups -OCH3 is 1. The third-order valence-electron chi connectivity index (χ3n) is 3.45. The van der Waals surface area contributed by atoms with Gasteiger partial charge in [-0.2, -0.15) is 0 Å². The van der Waals surface area contributed by atoms with E-state index in [-0.39, 0.29) is 30.9 Å². The Morgan fingerprint density at radius 3 is 2.64 bits per heavy atom. The zero-order chi connectivity index (χ0) is 18.4. The summed E-state index contributed by atoms with van der Waals surface area (Å²) in [4.78, 5) is 28.1. The minimum Gasteiger partial charge on any atom is -0.504 e. The third-order valence-corrected chi connectivity index (χ3v) is 4.06. The normalized spacial score (nSPS) is 10.4. The van der Waals surface area contributed by atoms with Gasteiger partial charge in [-0.15, -0.1) is 0 Å². The van der Waals surface area contributed by atoms with Gasteiger partial charge in [-0.1, -0.05) is 12.1 Å². The van der Waals surface area contributed by atoms with Crippen LogP contribution < -0.4 is 4.74 Å². The molecule has 0 saturated carbocycles. The first-order chi connectivity index (χ1) is 12.0. The molecule has 25 heavy (non-hydrogen) atoms. The number of rotatable bonds is 7. The van der Waals surface area contributed by atoms with Crippen LogP contribution in [0.4, 0.5) is 0 Å². The van der Waals surface area contributed by atoms with E-state index >= 15 is 0 Å². The number of Topliss-reactive ketones (excluding diaryl/α,β-unsaturated/α-hetero) is 1. The van der Waals surface area contributed by atoms with E-state index < -0.39 is 11.8 Å². The summed E-state index contributed by atoms with van der Waals surface area (Å²) in [6.07, 6.45) is -0.161. The summed E-state index contributed by atoms with van der Waals surface area (Å²) < 4.78 is 10.5. The van der Waals surface area contributed by atoms with Gasteiger partial charge in [-0.3, -0.25) is 9.59 Å². The number of benzene rings is 1. The maximum absolute atomic E-state index is 12.4. The third kappa shape index (κ3) is 4.57. The molecule has 0 radical (unpaired) electrons. The second kappa shape index (κ2) is 8.62. The van der Waals surface area contributed by atoms with Crippen molar-refractivity contribution >= 4 is 27.7 Å². The van der Waals surface area contributed by atoms with Gasteiger partial charge < -0.3 is 14.6 Å². The topological polar surface area (TPSA) is 85.7 Å². The first-order valence-electron chi connectivity index (χ1n) is 7.69. The number of carbonyl (C=O) groups is 2. The van der Waals surface area contributed by atoms with Crippen LogP contribution >= 0.6 is 15.9 Å². The van der Waals surface area contributed by atoms with Crippen molar-refractivity contribution < 1.29 is 24.2 Å². The molecule has 1 heterocycles. The number of halogens is 1. The molecule has 0 amide bonds. The SMILES string of the molecule is CCOC(=O)CCC(=O)c1nc(-c2ccccc2OC)cc(Br)c1O. The van der Waals surface area contributed by atoms with Gasteiger partial charge in [0.1, 0.15) is 11.4 Å². The predicted octanol–water partition coefficient (Wildman–Crippen LogP) is 3.75. The molecular formula is C18H18BrNO5. The lowest BCUT2D eigenvalue weighted by Crippen LogP contribution is -2.10. The van der Waals surface area contributed by atoms with E-state index in [1.54, 1.807) is 32.2 Å². The van der Waals surface area contributed by atoms with Gasteiger partial charge in [0.05, 0.1) is 30.3 Å². The summed E-state index contributed by atoms with van der Waals surface area (Å²) in [5, 5.41) is 10.2. The van der Waals surface area contributed by atoms with E-state index in [9.17, 15) is 14.7 Å². The van der Waals surface area contributed by atoms with Crippen molar-refractivity contribution in [1.82, 2.24) is 4.98 Å². The fourth-order valence-corrected chi connectivity index (χ4v) is 2.67. The summed E-state index contributed by atoms with van der Waals surface area (Å²) in [6, 6.07) is 8.83. The molecule has 0 bridgehead atoms. The maximum atomic E-state index is 12.4. The molecule has 0 aliphatic heterocycles. The minimum absolute atomic E-state index is 0.0652. The van der Waals surface area contributed by atoms with Gasteiger partial charge in [-0.25, -0.2) is 4.98 Å². The molecule has 1 N–H and O–H groups in total. The lowest BCUT2D eigenvalue weighted by Gasteiger charge is -2.11. The van der Waals surface area contributed by atoms with Gasteiger partial charge in [0.15, 0.2) is 11.5 Å². The van der Waals surface area contributed by atoms with E-state index in [1.807, 2.05) is 12.1 Å². The standard InChI is InChI=1S/C18H18BrNO5/c1-3-25-16(22)9-8-14(21)17-18(23)12(19)10-13(20-17)11-6-4-5-7-15(11)24-2/h4-7,10,23H,3,8-9H2,1-2H3. The molecule has 0 saturated heterocycles. The fraction of sp³-hybridized carbons (Fsp3) is 0.278. The monoisotopic (exact) mass is 407 g/mol. The molecule has 0 aliphatic rings. The van der Waals surface area contributed by atoms with Crippen molar-refractivity contribution in [3.8, 4) is 22.8 Å². The van der Waals surface area contributed by atoms with Crippen LogP contribution in [0.25, 0.3) is 11.3 Å². The Morgan fingerprint density at radius 1 is 1.24 bits per heavy atom. The Balaban J connectivity index is 2.34. The van der Waals surface area contributed by atoms with Crippen LogP contribution in [0.2, 0.25) is 0 Å². The zero-order valence-corrected chi connectivity index (χ0v) is 15.5. The molecule has 0 spiro atoms. The van der Waals surface area contributed by atoms with Crippen molar-refractivity contribution in [3.63, 3.8) is 0 Å². The minimum atomic E-state index is -0.463. The first kappa shape index (κ1) is 18.9. The second-order valence-corrected chi connectivity index (χ2v) is 5.97. The van der Waals surface area contributed by atoms with Crippen molar-refractivity contribution in [1.29, 1.82) is 0 Å². The zero-order valence-electron chi connectivity index (χ0n) is 13.9. The molecule has 7 heteroatoms. The van der Waals surface area contributed by atoms with Crippen LogP contribution in [0.1, 0.15) is 30.3 Å². The molecule has 132 valence electrons. The molecular weight excluding hydrogens is 390 g/mol. The molecule has 0 aliphatic carbocycles. The molecule has 0 unspecified atom stereocenters. The van der Waals surface area contributed by atoms with Crippen LogP contribution in [0.3, 0.4) is 0 Å². The number of hydrogen-bond acceptors (Lipinski definition) is 6. The van der Waals surface area contributed by atoms with Gasteiger partial charge in [0.2, 0.25) is 0 Å². The molecule has 0 fully saturated rings. The molecule has 6 nitrogen and oxygen atoms in total. The Kier molecular flexibility index (Phi) is 6.52. The van der Waals surface area contributed by atoms with Crippen LogP contribution in [0.5, 0.6) is 11.5 Å². The molecule has 1 aromatic heterocycles. The summed E-state index contributed by atoms with van der Waals surface area (Å²) in [5.74, 6) is -0.566. The van der Waals surface area contributed by atoms with E-state index in [2.05, 4.69) is 20.9 Å².